The second kappa shape index (κ2) is 5.89. The van der Waals surface area contributed by atoms with Crippen LogP contribution in [0.3, 0.4) is 0 Å². The first kappa shape index (κ1) is 12.2. The fourth-order valence-electron chi connectivity index (χ4n) is 1.16. The molecule has 0 aliphatic carbocycles. The van der Waals surface area contributed by atoms with Crippen LogP contribution in [0.5, 0.6) is 0 Å². The Morgan fingerprint density at radius 3 is 2.88 bits per heavy atom. The largest absolute Gasteiger partial charge is 0.382 e. The maximum atomic E-state index is 11.3. The van der Waals surface area contributed by atoms with Crippen molar-refractivity contribution in [3.63, 3.8) is 0 Å². The van der Waals surface area contributed by atoms with Crippen LogP contribution >= 0.6 is 0 Å². The molecule has 6 nitrogen and oxygen atoms in total. The van der Waals surface area contributed by atoms with Crippen LogP contribution < -0.4 is 16.4 Å². The lowest BCUT2D eigenvalue weighted by atomic mass is 10.3. The molecule has 0 fully saturated rings. The lowest BCUT2D eigenvalue weighted by molar-refractivity contribution is -0.121. The third-order valence-corrected chi connectivity index (χ3v) is 1.76. The average molecular weight is 223 g/mol. The molecule has 0 bridgehead atoms. The van der Waals surface area contributed by atoms with Crippen molar-refractivity contribution in [2.45, 2.75) is 26.3 Å². The maximum absolute atomic E-state index is 11.3. The van der Waals surface area contributed by atoms with Gasteiger partial charge in [-0.3, -0.25) is 9.78 Å². The summed E-state index contributed by atoms with van der Waals surface area (Å²) < 4.78 is 0. The second-order valence-corrected chi connectivity index (χ2v) is 3.73. The Morgan fingerprint density at radius 2 is 2.25 bits per heavy atom. The molecule has 1 heterocycles. The van der Waals surface area contributed by atoms with E-state index in [1.54, 1.807) is 6.20 Å². The van der Waals surface area contributed by atoms with Gasteiger partial charge in [-0.15, -0.1) is 0 Å². The number of hydrogen-bond acceptors (Lipinski definition) is 5. The molecule has 4 N–H and O–H groups in total. The summed E-state index contributed by atoms with van der Waals surface area (Å²) in [5.74, 6) is 0.952. The van der Waals surface area contributed by atoms with Crippen molar-refractivity contribution in [3.8, 4) is 0 Å². The topological polar surface area (TPSA) is 92.9 Å². The van der Waals surface area contributed by atoms with Gasteiger partial charge in [0.15, 0.2) is 0 Å². The standard InChI is InChI=1S/C10H17N5O/c1-7(2)14-10(16)3-4-13-9-6-12-5-8(11)15-9/h5-7H,3-4H2,1-2H3,(H,14,16)(H3,11,13,15). The summed E-state index contributed by atoms with van der Waals surface area (Å²) >= 11 is 0. The highest BCUT2D eigenvalue weighted by molar-refractivity contribution is 5.76. The Balaban J connectivity index is 2.28. The molecule has 0 atom stereocenters. The van der Waals surface area contributed by atoms with Crippen LogP contribution in [-0.4, -0.2) is 28.5 Å². The van der Waals surface area contributed by atoms with E-state index in [0.717, 1.165) is 0 Å². The summed E-state index contributed by atoms with van der Waals surface area (Å²) in [6.07, 6.45) is 3.43. The highest BCUT2D eigenvalue weighted by Gasteiger charge is 2.02. The summed E-state index contributed by atoms with van der Waals surface area (Å²) in [7, 11) is 0. The zero-order valence-corrected chi connectivity index (χ0v) is 9.53. The molecular formula is C10H17N5O. The van der Waals surface area contributed by atoms with Crippen LogP contribution in [0.4, 0.5) is 11.6 Å². The first-order valence-corrected chi connectivity index (χ1v) is 5.18. The van der Waals surface area contributed by atoms with Crippen LogP contribution in [0.25, 0.3) is 0 Å². The predicted octanol–water partition coefficient (Wildman–Crippen LogP) is 0.385. The van der Waals surface area contributed by atoms with Crippen LogP contribution in [0, 0.1) is 0 Å². The molecule has 0 saturated heterocycles. The van der Waals surface area contributed by atoms with E-state index >= 15 is 0 Å². The van der Waals surface area contributed by atoms with Gasteiger partial charge in [0.05, 0.1) is 12.4 Å². The third-order valence-electron chi connectivity index (χ3n) is 1.76. The Labute approximate surface area is 94.7 Å². The zero-order valence-electron chi connectivity index (χ0n) is 9.53. The third kappa shape index (κ3) is 4.59. The van der Waals surface area contributed by atoms with Gasteiger partial charge in [-0.05, 0) is 13.8 Å². The minimum atomic E-state index is 0.0133. The van der Waals surface area contributed by atoms with Crippen molar-refractivity contribution < 1.29 is 4.79 Å². The molecule has 88 valence electrons. The van der Waals surface area contributed by atoms with Crippen molar-refractivity contribution in [2.24, 2.45) is 0 Å². The molecule has 1 aromatic rings. The van der Waals surface area contributed by atoms with Gasteiger partial charge in [0.2, 0.25) is 5.91 Å². The molecule has 0 aliphatic heterocycles. The van der Waals surface area contributed by atoms with E-state index in [1.165, 1.54) is 6.20 Å². The number of anilines is 2. The van der Waals surface area contributed by atoms with Crippen LogP contribution in [-0.2, 0) is 4.79 Å². The van der Waals surface area contributed by atoms with Gasteiger partial charge < -0.3 is 16.4 Å². The number of nitrogens with one attached hydrogen (secondary N) is 2. The molecule has 6 heteroatoms. The van der Waals surface area contributed by atoms with E-state index in [2.05, 4.69) is 20.6 Å². The number of rotatable bonds is 5. The smallest absolute Gasteiger partial charge is 0.221 e. The van der Waals surface area contributed by atoms with Crippen molar-refractivity contribution in [3.05, 3.63) is 12.4 Å². The maximum Gasteiger partial charge on any atom is 0.221 e. The van der Waals surface area contributed by atoms with E-state index in [9.17, 15) is 4.79 Å². The zero-order chi connectivity index (χ0) is 12.0. The van der Waals surface area contributed by atoms with Gasteiger partial charge >= 0.3 is 0 Å². The van der Waals surface area contributed by atoms with E-state index in [4.69, 9.17) is 5.73 Å². The van der Waals surface area contributed by atoms with E-state index in [-0.39, 0.29) is 11.9 Å². The Morgan fingerprint density at radius 1 is 1.50 bits per heavy atom. The average Bonchev–Trinajstić information content (AvgIpc) is 2.16. The molecule has 0 spiro atoms. The number of amides is 1. The quantitative estimate of drug-likeness (QED) is 0.671. The monoisotopic (exact) mass is 223 g/mol. The molecule has 1 amide bonds. The number of nitrogens with zero attached hydrogens (tertiary/aromatic N) is 2. The summed E-state index contributed by atoms with van der Waals surface area (Å²) in [6.45, 7) is 4.36. The van der Waals surface area contributed by atoms with E-state index in [0.29, 0.717) is 24.6 Å². The first-order valence-electron chi connectivity index (χ1n) is 5.18. The molecule has 0 radical (unpaired) electrons. The van der Waals surface area contributed by atoms with Gasteiger partial charge in [0, 0.05) is 19.0 Å². The van der Waals surface area contributed by atoms with Gasteiger partial charge in [-0.2, -0.15) is 0 Å². The van der Waals surface area contributed by atoms with Gasteiger partial charge in [-0.1, -0.05) is 0 Å². The number of aromatic nitrogens is 2. The molecule has 1 aromatic heterocycles. The molecular weight excluding hydrogens is 206 g/mol. The molecule has 0 aromatic carbocycles. The van der Waals surface area contributed by atoms with Crippen LogP contribution in [0.15, 0.2) is 12.4 Å². The summed E-state index contributed by atoms with van der Waals surface area (Å²) in [6, 6.07) is 0.166. The Hall–Kier alpha value is -1.85. The number of hydrogen-bond donors (Lipinski definition) is 3. The second-order valence-electron chi connectivity index (χ2n) is 3.73. The fourth-order valence-corrected chi connectivity index (χ4v) is 1.16. The summed E-state index contributed by atoms with van der Waals surface area (Å²) in [5.41, 5.74) is 5.46. The summed E-state index contributed by atoms with van der Waals surface area (Å²) in [5, 5.41) is 5.78. The van der Waals surface area contributed by atoms with Crippen LogP contribution in [0.2, 0.25) is 0 Å². The van der Waals surface area contributed by atoms with Gasteiger partial charge in [-0.25, -0.2) is 4.98 Å². The SMILES string of the molecule is CC(C)NC(=O)CCNc1cncc(N)n1. The van der Waals surface area contributed by atoms with Crippen molar-refractivity contribution >= 4 is 17.5 Å². The summed E-state index contributed by atoms with van der Waals surface area (Å²) in [4.78, 5) is 19.2. The van der Waals surface area contributed by atoms with Gasteiger partial charge in [0.1, 0.15) is 11.6 Å². The van der Waals surface area contributed by atoms with E-state index < -0.39 is 0 Å². The minimum Gasteiger partial charge on any atom is -0.382 e. The predicted molar refractivity (Wildman–Crippen MR) is 62.8 cm³/mol. The van der Waals surface area contributed by atoms with Crippen molar-refractivity contribution in [2.75, 3.05) is 17.6 Å². The molecule has 0 aliphatic rings. The lowest BCUT2D eigenvalue weighted by Gasteiger charge is -2.09. The van der Waals surface area contributed by atoms with E-state index in [1.807, 2.05) is 13.8 Å². The Bertz CT molecular complexity index is 353. The molecule has 0 saturated carbocycles. The highest BCUT2D eigenvalue weighted by Crippen LogP contribution is 2.02. The molecule has 16 heavy (non-hydrogen) atoms. The van der Waals surface area contributed by atoms with Crippen molar-refractivity contribution in [1.29, 1.82) is 0 Å². The molecule has 1 rings (SSSR count). The fraction of sp³-hybridized carbons (Fsp3) is 0.500. The normalized spacial score (nSPS) is 10.2. The number of carbonyl (C=O) groups is 1. The number of nitrogen functional groups attached to an aromatic ring is 1. The highest BCUT2D eigenvalue weighted by atomic mass is 16.1. The van der Waals surface area contributed by atoms with Crippen LogP contribution in [0.1, 0.15) is 20.3 Å². The van der Waals surface area contributed by atoms with Gasteiger partial charge in [0.25, 0.3) is 0 Å². The lowest BCUT2D eigenvalue weighted by Crippen LogP contribution is -2.31. The Kier molecular flexibility index (Phi) is 4.50. The number of nitrogens with two attached hydrogens (primary N) is 1. The minimum absolute atomic E-state index is 0.0133. The van der Waals surface area contributed by atoms with Crippen molar-refractivity contribution in [1.82, 2.24) is 15.3 Å². The number of carbonyl (C=O) groups excluding carboxylic acids is 1. The molecule has 0 unspecified atom stereocenters. The first-order chi connectivity index (χ1) is 7.58.